The molecule has 19 heavy (non-hydrogen) atoms. The van der Waals surface area contributed by atoms with E-state index in [1.807, 2.05) is 24.3 Å². The second kappa shape index (κ2) is 4.09. The predicted molar refractivity (Wildman–Crippen MR) is 68.6 cm³/mol. The SMILES string of the molecule is Nc1nc(-c2coc3ccccc23)ncc1C(=O)O. The molecule has 3 rings (SSSR count). The van der Waals surface area contributed by atoms with Crippen molar-refractivity contribution < 1.29 is 14.3 Å². The van der Waals surface area contributed by atoms with Crippen LogP contribution < -0.4 is 5.73 Å². The molecule has 2 aromatic heterocycles. The molecule has 0 saturated carbocycles. The summed E-state index contributed by atoms with van der Waals surface area (Å²) >= 11 is 0. The molecule has 0 amide bonds. The number of aromatic nitrogens is 2. The molecular formula is C13H9N3O3. The van der Waals surface area contributed by atoms with Gasteiger partial charge in [-0.15, -0.1) is 0 Å². The number of carboxylic acid groups (broad SMARTS) is 1. The molecule has 0 spiro atoms. The number of nitrogens with zero attached hydrogens (tertiary/aromatic N) is 2. The number of furan rings is 1. The number of rotatable bonds is 2. The fourth-order valence-electron chi connectivity index (χ4n) is 1.84. The number of hydrogen-bond donors (Lipinski definition) is 2. The lowest BCUT2D eigenvalue weighted by Gasteiger charge is -2.01. The van der Waals surface area contributed by atoms with Gasteiger partial charge in [0.25, 0.3) is 0 Å². The number of benzene rings is 1. The summed E-state index contributed by atoms with van der Waals surface area (Å²) in [6.45, 7) is 0. The summed E-state index contributed by atoms with van der Waals surface area (Å²) in [6, 6.07) is 7.43. The summed E-state index contributed by atoms with van der Waals surface area (Å²) < 4.78 is 5.38. The zero-order valence-corrected chi connectivity index (χ0v) is 9.70. The van der Waals surface area contributed by atoms with Crippen molar-refractivity contribution in [2.75, 3.05) is 5.73 Å². The van der Waals surface area contributed by atoms with E-state index >= 15 is 0 Å². The van der Waals surface area contributed by atoms with Gasteiger partial charge in [0.2, 0.25) is 0 Å². The van der Waals surface area contributed by atoms with Gasteiger partial charge >= 0.3 is 5.97 Å². The number of anilines is 1. The third kappa shape index (κ3) is 1.79. The van der Waals surface area contributed by atoms with Crippen LogP contribution in [0.1, 0.15) is 10.4 Å². The van der Waals surface area contributed by atoms with Crippen LogP contribution >= 0.6 is 0 Å². The molecule has 1 aromatic carbocycles. The van der Waals surface area contributed by atoms with Gasteiger partial charge in [-0.3, -0.25) is 0 Å². The molecule has 0 aliphatic heterocycles. The quantitative estimate of drug-likeness (QED) is 0.727. The molecule has 6 nitrogen and oxygen atoms in total. The number of nitrogen functional groups attached to an aromatic ring is 1. The molecular weight excluding hydrogens is 246 g/mol. The molecule has 0 radical (unpaired) electrons. The van der Waals surface area contributed by atoms with E-state index < -0.39 is 5.97 Å². The summed E-state index contributed by atoms with van der Waals surface area (Å²) in [6.07, 6.45) is 2.72. The lowest BCUT2D eigenvalue weighted by molar-refractivity contribution is 0.0697. The number of nitrogens with two attached hydrogens (primary N) is 1. The summed E-state index contributed by atoms with van der Waals surface area (Å²) in [5.74, 6) is -0.878. The van der Waals surface area contributed by atoms with E-state index in [0.29, 0.717) is 17.0 Å². The normalized spacial score (nSPS) is 10.7. The van der Waals surface area contributed by atoms with Crippen LogP contribution in [0.2, 0.25) is 0 Å². The zero-order chi connectivity index (χ0) is 13.4. The molecule has 0 saturated heterocycles. The average molecular weight is 255 g/mol. The third-order valence-corrected chi connectivity index (χ3v) is 2.77. The summed E-state index contributed by atoms with van der Waals surface area (Å²) in [4.78, 5) is 18.9. The van der Waals surface area contributed by atoms with Gasteiger partial charge in [-0.2, -0.15) is 0 Å². The minimum absolute atomic E-state index is 0.0669. The Hall–Kier alpha value is -2.89. The molecule has 0 aliphatic carbocycles. The first-order chi connectivity index (χ1) is 9.16. The standard InChI is InChI=1S/C13H9N3O3/c14-11-8(13(17)18)5-15-12(16-11)9-6-19-10-4-2-1-3-7(9)10/h1-6H,(H,17,18)(H2,14,15,16). The fourth-order valence-corrected chi connectivity index (χ4v) is 1.84. The average Bonchev–Trinajstić information content (AvgIpc) is 2.82. The van der Waals surface area contributed by atoms with Crippen LogP contribution in [-0.2, 0) is 0 Å². The van der Waals surface area contributed by atoms with Crippen molar-refractivity contribution >= 4 is 22.8 Å². The van der Waals surface area contributed by atoms with Gasteiger partial charge in [-0.1, -0.05) is 18.2 Å². The maximum absolute atomic E-state index is 10.9. The van der Waals surface area contributed by atoms with Gasteiger partial charge < -0.3 is 15.3 Å². The Balaban J connectivity index is 2.17. The minimum Gasteiger partial charge on any atom is -0.477 e. The monoisotopic (exact) mass is 255 g/mol. The molecule has 6 heteroatoms. The predicted octanol–water partition coefficient (Wildman–Crippen LogP) is 2.17. The second-order valence-corrected chi connectivity index (χ2v) is 3.94. The molecule has 94 valence electrons. The molecule has 2 heterocycles. The first kappa shape index (κ1) is 11.2. The molecule has 3 aromatic rings. The lowest BCUT2D eigenvalue weighted by atomic mass is 10.1. The number of para-hydroxylation sites is 1. The van der Waals surface area contributed by atoms with Crippen LogP contribution in [0, 0.1) is 0 Å². The van der Waals surface area contributed by atoms with Crippen LogP contribution in [0.3, 0.4) is 0 Å². The zero-order valence-electron chi connectivity index (χ0n) is 9.70. The van der Waals surface area contributed by atoms with E-state index in [9.17, 15) is 4.79 Å². The second-order valence-electron chi connectivity index (χ2n) is 3.94. The highest BCUT2D eigenvalue weighted by Gasteiger charge is 2.14. The molecule has 0 unspecified atom stereocenters. The highest BCUT2D eigenvalue weighted by Crippen LogP contribution is 2.28. The van der Waals surface area contributed by atoms with Crippen LogP contribution in [-0.4, -0.2) is 21.0 Å². The van der Waals surface area contributed by atoms with Gasteiger partial charge in [-0.05, 0) is 6.07 Å². The van der Waals surface area contributed by atoms with E-state index in [1.54, 1.807) is 0 Å². The van der Waals surface area contributed by atoms with E-state index in [4.69, 9.17) is 15.3 Å². The van der Waals surface area contributed by atoms with E-state index in [-0.39, 0.29) is 11.4 Å². The van der Waals surface area contributed by atoms with Crippen molar-refractivity contribution in [3.63, 3.8) is 0 Å². The number of fused-ring (bicyclic) bond motifs is 1. The number of aromatic carboxylic acids is 1. The first-order valence-electron chi connectivity index (χ1n) is 5.49. The van der Waals surface area contributed by atoms with Crippen molar-refractivity contribution in [3.05, 3.63) is 42.3 Å². The Labute approximate surface area is 107 Å². The highest BCUT2D eigenvalue weighted by molar-refractivity contribution is 5.94. The number of carboxylic acids is 1. The van der Waals surface area contributed by atoms with E-state index in [2.05, 4.69) is 9.97 Å². The van der Waals surface area contributed by atoms with Gasteiger partial charge in [-0.25, -0.2) is 14.8 Å². The molecule has 0 fully saturated rings. The Bertz CT molecular complexity index is 780. The van der Waals surface area contributed by atoms with Gasteiger partial charge in [0, 0.05) is 11.6 Å². The van der Waals surface area contributed by atoms with Gasteiger partial charge in [0.1, 0.15) is 23.2 Å². The molecule has 3 N–H and O–H groups in total. The van der Waals surface area contributed by atoms with Crippen LogP contribution in [0.5, 0.6) is 0 Å². The minimum atomic E-state index is -1.15. The maximum atomic E-state index is 10.9. The molecule has 0 aliphatic rings. The first-order valence-corrected chi connectivity index (χ1v) is 5.49. The van der Waals surface area contributed by atoms with E-state index in [0.717, 1.165) is 5.39 Å². The Morgan fingerprint density at radius 1 is 1.32 bits per heavy atom. The van der Waals surface area contributed by atoms with Crippen LogP contribution in [0.25, 0.3) is 22.4 Å². The van der Waals surface area contributed by atoms with Gasteiger partial charge in [0.05, 0.1) is 5.56 Å². The summed E-state index contributed by atoms with van der Waals surface area (Å²) in [5.41, 5.74) is 6.89. The number of hydrogen-bond acceptors (Lipinski definition) is 5. The highest BCUT2D eigenvalue weighted by atomic mass is 16.4. The van der Waals surface area contributed by atoms with Crippen molar-refractivity contribution in [2.45, 2.75) is 0 Å². The van der Waals surface area contributed by atoms with Crippen molar-refractivity contribution in [2.24, 2.45) is 0 Å². The summed E-state index contributed by atoms with van der Waals surface area (Å²) in [5, 5.41) is 9.73. The Kier molecular flexibility index (Phi) is 2.42. The fraction of sp³-hybridized carbons (Fsp3) is 0. The van der Waals surface area contributed by atoms with Crippen LogP contribution in [0.4, 0.5) is 5.82 Å². The smallest absolute Gasteiger partial charge is 0.341 e. The molecule has 0 bridgehead atoms. The lowest BCUT2D eigenvalue weighted by Crippen LogP contribution is -2.06. The Morgan fingerprint density at radius 3 is 2.84 bits per heavy atom. The maximum Gasteiger partial charge on any atom is 0.341 e. The van der Waals surface area contributed by atoms with Crippen molar-refractivity contribution in [1.29, 1.82) is 0 Å². The van der Waals surface area contributed by atoms with Crippen molar-refractivity contribution in [1.82, 2.24) is 9.97 Å². The van der Waals surface area contributed by atoms with Crippen molar-refractivity contribution in [3.8, 4) is 11.4 Å². The van der Waals surface area contributed by atoms with E-state index in [1.165, 1.54) is 12.5 Å². The number of carbonyl (C=O) groups is 1. The Morgan fingerprint density at radius 2 is 2.11 bits per heavy atom. The van der Waals surface area contributed by atoms with Gasteiger partial charge in [0.15, 0.2) is 5.82 Å². The van der Waals surface area contributed by atoms with Crippen LogP contribution in [0.15, 0.2) is 41.1 Å². The third-order valence-electron chi connectivity index (χ3n) is 2.77. The topological polar surface area (TPSA) is 102 Å². The largest absolute Gasteiger partial charge is 0.477 e. The molecule has 0 atom stereocenters. The summed E-state index contributed by atoms with van der Waals surface area (Å²) in [7, 11) is 0.